The molecule has 0 amide bonds. The lowest BCUT2D eigenvalue weighted by Crippen LogP contribution is -2.64. The first kappa shape index (κ1) is 25.4. The van der Waals surface area contributed by atoms with Gasteiger partial charge in [0.15, 0.2) is 0 Å². The van der Waals surface area contributed by atoms with Crippen LogP contribution in [0.1, 0.15) is 65.0 Å². The zero-order chi connectivity index (χ0) is 23.1. The van der Waals surface area contributed by atoms with Gasteiger partial charge in [0, 0.05) is 5.41 Å². The summed E-state index contributed by atoms with van der Waals surface area (Å²) in [7, 11) is 4.35. The summed E-state index contributed by atoms with van der Waals surface area (Å²) >= 11 is 0. The molecule has 2 rings (SSSR count). The van der Waals surface area contributed by atoms with E-state index < -0.39 is 0 Å². The monoisotopic (exact) mass is 426 g/mol. The minimum absolute atomic E-state index is 0.0363. The number of unbranched alkanes of at least 4 members (excludes halogenated alkanes) is 1. The van der Waals surface area contributed by atoms with Crippen LogP contribution in [-0.4, -0.2) is 37.0 Å². The van der Waals surface area contributed by atoms with E-state index in [9.17, 15) is 0 Å². The summed E-state index contributed by atoms with van der Waals surface area (Å²) in [4.78, 5) is 6.59. The van der Waals surface area contributed by atoms with Crippen molar-refractivity contribution in [3.63, 3.8) is 0 Å². The number of nitrogens with zero attached hydrogens (tertiary/aromatic N) is 1. The van der Waals surface area contributed by atoms with Gasteiger partial charge in [-0.05, 0) is 57.7 Å². The fourth-order valence-electron chi connectivity index (χ4n) is 3.90. The van der Waals surface area contributed by atoms with Crippen LogP contribution in [-0.2, 0) is 11.3 Å². The first-order valence-corrected chi connectivity index (χ1v) is 11.7. The fourth-order valence-corrected chi connectivity index (χ4v) is 3.90. The van der Waals surface area contributed by atoms with Crippen molar-refractivity contribution in [2.45, 2.75) is 78.9 Å². The van der Waals surface area contributed by atoms with E-state index >= 15 is 0 Å². The van der Waals surface area contributed by atoms with Gasteiger partial charge in [0.1, 0.15) is 24.0 Å². The Kier molecular flexibility index (Phi) is 8.73. The summed E-state index contributed by atoms with van der Waals surface area (Å²) in [6.45, 7) is 14.2. The molecule has 172 valence electrons. The Hall–Kier alpha value is -1.84. The maximum Gasteiger partial charge on any atom is 0.143 e. The molecule has 0 aliphatic heterocycles. The lowest BCUT2D eigenvalue weighted by molar-refractivity contribution is -1.12. The van der Waals surface area contributed by atoms with Crippen LogP contribution in [0.3, 0.4) is 0 Å². The van der Waals surface area contributed by atoms with Crippen LogP contribution in [0.15, 0.2) is 54.6 Å². The second-order valence-electron chi connectivity index (χ2n) is 10.4. The van der Waals surface area contributed by atoms with Gasteiger partial charge in [0.2, 0.25) is 0 Å². The van der Waals surface area contributed by atoms with Crippen molar-refractivity contribution in [3.8, 4) is 5.75 Å². The van der Waals surface area contributed by atoms with E-state index in [1.54, 1.807) is 0 Å². The van der Waals surface area contributed by atoms with Gasteiger partial charge in [-0.1, -0.05) is 75.2 Å². The predicted molar refractivity (Wildman–Crippen MR) is 131 cm³/mol. The van der Waals surface area contributed by atoms with E-state index in [0.29, 0.717) is 11.3 Å². The van der Waals surface area contributed by atoms with Gasteiger partial charge in [-0.25, -0.2) is 0 Å². The molecule has 3 heteroatoms. The average molecular weight is 427 g/mol. The Morgan fingerprint density at radius 2 is 1.52 bits per heavy atom. The molecular weight excluding hydrogens is 382 g/mol. The third-order valence-corrected chi connectivity index (χ3v) is 7.28. The number of hydrogen-bond donors (Lipinski definition) is 0. The highest BCUT2D eigenvalue weighted by molar-refractivity contribution is 5.26. The molecule has 1 atom stereocenters. The van der Waals surface area contributed by atoms with Crippen LogP contribution in [0.25, 0.3) is 0 Å². The van der Waals surface area contributed by atoms with Crippen LogP contribution in [0.2, 0.25) is 0 Å². The Morgan fingerprint density at radius 1 is 0.903 bits per heavy atom. The fraction of sp³-hybridized carbons (Fsp3) is 0.571. The standard InChI is InChI=1S/C28H44NO2/c1-9-10-16-26(31-25-19-17-23(2)18-20-25)22-30-29(7,8)28(5,6)27(3,4)21-24-14-12-11-13-15-24/h11-15,17-20,26H,9-10,16,21-22H2,1-8H3/q+1. The highest BCUT2D eigenvalue weighted by atomic mass is 16.7. The normalized spacial score (nSPS) is 13.8. The molecule has 0 aliphatic rings. The minimum Gasteiger partial charge on any atom is -0.488 e. The number of hydrogen-bond acceptors (Lipinski definition) is 2. The first-order valence-electron chi connectivity index (χ1n) is 11.7. The van der Waals surface area contributed by atoms with Crippen molar-refractivity contribution in [2.24, 2.45) is 5.41 Å². The zero-order valence-electron chi connectivity index (χ0n) is 21.1. The van der Waals surface area contributed by atoms with Gasteiger partial charge >= 0.3 is 0 Å². The van der Waals surface area contributed by atoms with Crippen molar-refractivity contribution < 1.29 is 14.2 Å². The number of aryl methyl sites for hydroxylation is 1. The largest absolute Gasteiger partial charge is 0.488 e. The van der Waals surface area contributed by atoms with Gasteiger partial charge < -0.3 is 4.74 Å². The molecule has 0 N–H and O–H groups in total. The van der Waals surface area contributed by atoms with Crippen LogP contribution < -0.4 is 4.74 Å². The van der Waals surface area contributed by atoms with E-state index in [2.05, 4.69) is 110 Å². The lowest BCUT2D eigenvalue weighted by Gasteiger charge is -2.50. The smallest absolute Gasteiger partial charge is 0.143 e. The van der Waals surface area contributed by atoms with Crippen molar-refractivity contribution in [2.75, 3.05) is 20.7 Å². The van der Waals surface area contributed by atoms with Crippen LogP contribution in [0, 0.1) is 12.3 Å². The van der Waals surface area contributed by atoms with Crippen molar-refractivity contribution in [1.82, 2.24) is 0 Å². The molecule has 0 spiro atoms. The van der Waals surface area contributed by atoms with Crippen LogP contribution in [0.4, 0.5) is 0 Å². The third-order valence-electron chi connectivity index (χ3n) is 7.28. The van der Waals surface area contributed by atoms with E-state index in [4.69, 9.17) is 9.57 Å². The quantitative estimate of drug-likeness (QED) is 0.269. The molecule has 0 fully saturated rings. The Morgan fingerprint density at radius 3 is 2.10 bits per heavy atom. The molecule has 1 unspecified atom stereocenters. The number of hydroxylamine groups is 3. The Labute approximate surface area is 190 Å². The average Bonchev–Trinajstić information content (AvgIpc) is 2.71. The van der Waals surface area contributed by atoms with Crippen LogP contribution >= 0.6 is 0 Å². The number of rotatable bonds is 12. The minimum atomic E-state index is -0.109. The summed E-state index contributed by atoms with van der Waals surface area (Å²) in [5, 5.41) is 0. The maximum absolute atomic E-state index is 6.59. The van der Waals surface area contributed by atoms with Gasteiger partial charge in [-0.3, -0.25) is 0 Å². The number of quaternary nitrogens is 1. The van der Waals surface area contributed by atoms with Gasteiger partial charge in [-0.15, -0.1) is 0 Å². The topological polar surface area (TPSA) is 18.5 Å². The molecule has 2 aromatic carbocycles. The van der Waals surface area contributed by atoms with E-state index in [0.717, 1.165) is 31.4 Å². The van der Waals surface area contributed by atoms with Crippen molar-refractivity contribution >= 4 is 0 Å². The summed E-state index contributed by atoms with van der Waals surface area (Å²) < 4.78 is 6.80. The molecule has 0 radical (unpaired) electrons. The molecule has 2 aromatic rings. The Bertz CT molecular complexity index is 778. The van der Waals surface area contributed by atoms with Crippen molar-refractivity contribution in [3.05, 3.63) is 65.7 Å². The lowest BCUT2D eigenvalue weighted by atomic mass is 9.69. The maximum atomic E-state index is 6.59. The van der Waals surface area contributed by atoms with E-state index in [1.807, 2.05) is 0 Å². The molecule has 0 saturated heterocycles. The highest BCUT2D eigenvalue weighted by Gasteiger charge is 2.51. The molecule has 0 heterocycles. The molecule has 31 heavy (non-hydrogen) atoms. The second kappa shape index (κ2) is 10.7. The first-order chi connectivity index (χ1) is 14.5. The second-order valence-corrected chi connectivity index (χ2v) is 10.4. The van der Waals surface area contributed by atoms with Crippen molar-refractivity contribution in [1.29, 1.82) is 0 Å². The third kappa shape index (κ3) is 6.82. The van der Waals surface area contributed by atoms with Gasteiger partial charge in [-0.2, -0.15) is 9.48 Å². The van der Waals surface area contributed by atoms with Crippen LogP contribution in [0.5, 0.6) is 5.75 Å². The van der Waals surface area contributed by atoms with Gasteiger partial charge in [0.05, 0.1) is 14.1 Å². The highest BCUT2D eigenvalue weighted by Crippen LogP contribution is 2.41. The molecule has 0 aromatic heterocycles. The number of ether oxygens (including phenoxy) is 1. The van der Waals surface area contributed by atoms with Gasteiger partial charge in [0.25, 0.3) is 0 Å². The molecule has 0 aliphatic carbocycles. The SMILES string of the molecule is CCCCC(CO[N+](C)(C)C(C)(C)C(C)(C)Cc1ccccc1)Oc1ccc(C)cc1. The summed E-state index contributed by atoms with van der Waals surface area (Å²) in [5.74, 6) is 0.921. The summed E-state index contributed by atoms with van der Waals surface area (Å²) in [6, 6.07) is 19.1. The van der Waals surface area contributed by atoms with E-state index in [1.165, 1.54) is 11.1 Å². The molecule has 3 nitrogen and oxygen atoms in total. The number of benzene rings is 2. The Balaban J connectivity index is 2.09. The summed E-state index contributed by atoms with van der Waals surface area (Å²) in [5.41, 5.74) is 2.54. The zero-order valence-corrected chi connectivity index (χ0v) is 21.1. The molecule has 0 bridgehead atoms. The molecule has 0 saturated carbocycles. The molecular formula is C28H44NO2+. The summed E-state index contributed by atoms with van der Waals surface area (Å²) in [6.07, 6.45) is 4.34. The predicted octanol–water partition coefficient (Wildman–Crippen LogP) is 6.99. The van der Waals surface area contributed by atoms with E-state index in [-0.39, 0.29) is 17.1 Å².